The molecule has 0 saturated carbocycles. The summed E-state index contributed by atoms with van der Waals surface area (Å²) in [6, 6.07) is 0. The fraction of sp³-hybridized carbons (Fsp3) is 0.857. The summed E-state index contributed by atoms with van der Waals surface area (Å²) in [5.41, 5.74) is -0.130. The number of rotatable bonds is 4. The Kier molecular flexibility index (Phi) is 3.79. The third kappa shape index (κ3) is 3.11. The molecule has 0 aliphatic rings. The van der Waals surface area contributed by atoms with E-state index in [1.54, 1.807) is 0 Å². The van der Waals surface area contributed by atoms with Crippen molar-refractivity contribution >= 4 is 18.6 Å². The van der Waals surface area contributed by atoms with Crippen LogP contribution in [0.1, 0.15) is 26.7 Å². The molecule has 1 unspecified atom stereocenters. The van der Waals surface area contributed by atoms with Crippen LogP contribution in [0.25, 0.3) is 0 Å². The molecule has 0 aromatic rings. The predicted octanol–water partition coefficient (Wildman–Crippen LogP) is 1.81. The summed E-state index contributed by atoms with van der Waals surface area (Å²) in [7, 11) is 0. The van der Waals surface area contributed by atoms with Crippen LogP contribution in [0.4, 0.5) is 0 Å². The quantitative estimate of drug-likeness (QED) is 0.619. The molecule has 0 spiro atoms. The summed E-state index contributed by atoms with van der Waals surface area (Å²) >= 11 is 4.09. The van der Waals surface area contributed by atoms with Gasteiger partial charge in [-0.05, 0) is 17.6 Å². The molecule has 60 valence electrons. The van der Waals surface area contributed by atoms with Gasteiger partial charge in [-0.3, -0.25) is 4.79 Å². The van der Waals surface area contributed by atoms with Crippen molar-refractivity contribution in [3.8, 4) is 0 Å². The molecule has 3 heteroatoms. The Morgan fingerprint density at radius 3 is 2.30 bits per heavy atom. The van der Waals surface area contributed by atoms with Crippen LogP contribution < -0.4 is 0 Å². The van der Waals surface area contributed by atoms with Crippen molar-refractivity contribution in [3.63, 3.8) is 0 Å². The molecule has 0 aromatic carbocycles. The molecule has 0 radical (unpaired) electrons. The normalized spacial score (nSPS) is 16.3. The minimum Gasteiger partial charge on any atom is -0.481 e. The van der Waals surface area contributed by atoms with Crippen LogP contribution in [0.15, 0.2) is 0 Å². The smallest absolute Gasteiger partial charge is 0.303 e. The van der Waals surface area contributed by atoms with E-state index < -0.39 is 5.97 Å². The minimum atomic E-state index is -0.738. The van der Waals surface area contributed by atoms with Gasteiger partial charge in [-0.15, -0.1) is 0 Å². The summed E-state index contributed by atoms with van der Waals surface area (Å²) in [5.74, 6) is -0.103. The Bertz CT molecular complexity index is 119. The van der Waals surface area contributed by atoms with Gasteiger partial charge in [-0.25, -0.2) is 0 Å². The number of carboxylic acids is 1. The second-order valence-corrected chi connectivity index (χ2v) is 3.21. The number of hydrogen-bond acceptors (Lipinski definition) is 2. The Morgan fingerprint density at radius 1 is 1.70 bits per heavy atom. The molecule has 1 atom stereocenters. The first-order valence-corrected chi connectivity index (χ1v) is 4.00. The maximum absolute atomic E-state index is 10.3. The van der Waals surface area contributed by atoms with Crippen molar-refractivity contribution in [1.29, 1.82) is 0 Å². The SMILES string of the molecule is CCC(C)(CS)CC(=O)O. The van der Waals surface area contributed by atoms with Crippen LogP contribution in [-0.4, -0.2) is 16.8 Å². The van der Waals surface area contributed by atoms with E-state index in [0.29, 0.717) is 5.75 Å². The first kappa shape index (κ1) is 9.82. The molecule has 10 heavy (non-hydrogen) atoms. The van der Waals surface area contributed by atoms with Crippen LogP contribution in [-0.2, 0) is 4.79 Å². The summed E-state index contributed by atoms with van der Waals surface area (Å²) < 4.78 is 0. The maximum atomic E-state index is 10.3. The standard InChI is InChI=1S/C7H14O2S/c1-3-7(2,5-10)4-6(8)9/h10H,3-5H2,1-2H3,(H,8,9). The van der Waals surface area contributed by atoms with E-state index in [9.17, 15) is 4.79 Å². The van der Waals surface area contributed by atoms with E-state index in [1.807, 2.05) is 13.8 Å². The van der Waals surface area contributed by atoms with Crippen molar-refractivity contribution in [3.05, 3.63) is 0 Å². The lowest BCUT2D eigenvalue weighted by atomic mass is 9.86. The van der Waals surface area contributed by atoms with Crippen molar-refractivity contribution in [2.45, 2.75) is 26.7 Å². The summed E-state index contributed by atoms with van der Waals surface area (Å²) in [4.78, 5) is 10.3. The predicted molar refractivity (Wildman–Crippen MR) is 44.5 cm³/mol. The van der Waals surface area contributed by atoms with Gasteiger partial charge in [-0.1, -0.05) is 13.8 Å². The molecule has 0 rings (SSSR count). The number of thiol groups is 1. The van der Waals surface area contributed by atoms with Gasteiger partial charge < -0.3 is 5.11 Å². The van der Waals surface area contributed by atoms with Crippen LogP contribution in [0.2, 0.25) is 0 Å². The van der Waals surface area contributed by atoms with Gasteiger partial charge in [0, 0.05) is 0 Å². The lowest BCUT2D eigenvalue weighted by Crippen LogP contribution is -2.21. The lowest BCUT2D eigenvalue weighted by Gasteiger charge is -2.22. The zero-order chi connectivity index (χ0) is 8.20. The van der Waals surface area contributed by atoms with Crippen LogP contribution in [0.5, 0.6) is 0 Å². The molecule has 0 bridgehead atoms. The van der Waals surface area contributed by atoms with E-state index in [1.165, 1.54) is 0 Å². The van der Waals surface area contributed by atoms with Gasteiger partial charge in [0.1, 0.15) is 0 Å². The molecule has 0 aromatic heterocycles. The minimum absolute atomic E-state index is 0.130. The first-order chi connectivity index (χ1) is 4.54. The highest BCUT2D eigenvalue weighted by molar-refractivity contribution is 7.80. The fourth-order valence-corrected chi connectivity index (χ4v) is 0.993. The molecule has 0 fully saturated rings. The highest BCUT2D eigenvalue weighted by atomic mass is 32.1. The summed E-state index contributed by atoms with van der Waals surface area (Å²) in [6.45, 7) is 3.92. The Morgan fingerprint density at radius 2 is 2.20 bits per heavy atom. The van der Waals surface area contributed by atoms with Gasteiger partial charge in [-0.2, -0.15) is 12.6 Å². The molecule has 0 saturated heterocycles. The fourth-order valence-electron chi connectivity index (χ4n) is 0.658. The van der Waals surface area contributed by atoms with Gasteiger partial charge >= 0.3 is 5.97 Å². The largest absolute Gasteiger partial charge is 0.481 e. The van der Waals surface area contributed by atoms with E-state index >= 15 is 0 Å². The first-order valence-electron chi connectivity index (χ1n) is 3.37. The van der Waals surface area contributed by atoms with Crippen molar-refractivity contribution in [2.24, 2.45) is 5.41 Å². The highest BCUT2D eigenvalue weighted by Gasteiger charge is 2.23. The van der Waals surface area contributed by atoms with Crippen LogP contribution >= 0.6 is 12.6 Å². The van der Waals surface area contributed by atoms with Crippen LogP contribution in [0, 0.1) is 5.41 Å². The number of hydrogen-bond donors (Lipinski definition) is 2. The maximum Gasteiger partial charge on any atom is 0.303 e. The second-order valence-electron chi connectivity index (χ2n) is 2.89. The van der Waals surface area contributed by atoms with Gasteiger partial charge in [0.05, 0.1) is 6.42 Å². The van der Waals surface area contributed by atoms with Crippen molar-refractivity contribution in [1.82, 2.24) is 0 Å². The monoisotopic (exact) mass is 162 g/mol. The average molecular weight is 162 g/mol. The topological polar surface area (TPSA) is 37.3 Å². The molecule has 0 heterocycles. The number of carbonyl (C=O) groups is 1. The Labute approximate surface area is 67.0 Å². The number of aliphatic carboxylic acids is 1. The second kappa shape index (κ2) is 3.86. The van der Waals surface area contributed by atoms with Crippen molar-refractivity contribution < 1.29 is 9.90 Å². The van der Waals surface area contributed by atoms with Crippen molar-refractivity contribution in [2.75, 3.05) is 5.75 Å². The van der Waals surface area contributed by atoms with Crippen LogP contribution in [0.3, 0.4) is 0 Å². The third-order valence-corrected chi connectivity index (χ3v) is 2.58. The molecule has 1 N–H and O–H groups in total. The lowest BCUT2D eigenvalue weighted by molar-refractivity contribution is -0.139. The van der Waals surface area contributed by atoms with Gasteiger partial charge in [0.15, 0.2) is 0 Å². The van der Waals surface area contributed by atoms with Gasteiger partial charge in [0.2, 0.25) is 0 Å². The molecular formula is C7H14O2S. The van der Waals surface area contributed by atoms with E-state index in [2.05, 4.69) is 12.6 Å². The van der Waals surface area contributed by atoms with E-state index in [4.69, 9.17) is 5.11 Å². The third-order valence-electron chi connectivity index (χ3n) is 1.81. The molecule has 0 aliphatic carbocycles. The summed E-state index contributed by atoms with van der Waals surface area (Å²) in [6.07, 6.45) is 1.08. The Hall–Kier alpha value is -0.180. The molecule has 2 nitrogen and oxygen atoms in total. The number of carboxylic acid groups (broad SMARTS) is 1. The molecular weight excluding hydrogens is 148 g/mol. The Balaban J connectivity index is 3.92. The zero-order valence-corrected chi connectivity index (χ0v) is 7.32. The van der Waals surface area contributed by atoms with Gasteiger partial charge in [0.25, 0.3) is 0 Å². The van der Waals surface area contributed by atoms with E-state index in [-0.39, 0.29) is 11.8 Å². The highest BCUT2D eigenvalue weighted by Crippen LogP contribution is 2.26. The average Bonchev–Trinajstić information content (AvgIpc) is 1.87. The molecule has 0 aliphatic heterocycles. The van der Waals surface area contributed by atoms with E-state index in [0.717, 1.165) is 6.42 Å². The molecule has 0 amide bonds. The summed E-state index contributed by atoms with van der Waals surface area (Å²) in [5, 5.41) is 8.48. The zero-order valence-electron chi connectivity index (χ0n) is 6.42.